The second-order valence-electron chi connectivity index (χ2n) is 3.43. The van der Waals surface area contributed by atoms with Gasteiger partial charge in [-0.2, -0.15) is 0 Å². The zero-order chi connectivity index (χ0) is 13.1. The van der Waals surface area contributed by atoms with Gasteiger partial charge in [0, 0.05) is 6.42 Å². The Morgan fingerprint density at radius 3 is 2.59 bits per heavy atom. The van der Waals surface area contributed by atoms with Crippen molar-refractivity contribution in [1.82, 2.24) is 0 Å². The Bertz CT molecular complexity index is 283. The highest BCUT2D eigenvalue weighted by Gasteiger charge is 2.13. The predicted octanol–water partition coefficient (Wildman–Crippen LogP) is 0.363. The molecule has 0 fully saturated rings. The van der Waals surface area contributed by atoms with Crippen LogP contribution < -0.4 is 0 Å². The minimum atomic E-state index is -1.01. The predicted molar refractivity (Wildman–Crippen MR) is 62.2 cm³/mol. The van der Waals surface area contributed by atoms with E-state index < -0.39 is 12.2 Å². The summed E-state index contributed by atoms with van der Waals surface area (Å²) in [6.45, 7) is 0. The van der Waals surface area contributed by atoms with Crippen molar-refractivity contribution in [1.29, 1.82) is 0 Å². The maximum Gasteiger partial charge on any atom is 0.305 e. The first kappa shape index (κ1) is 15.5. The van der Waals surface area contributed by atoms with Crippen molar-refractivity contribution in [2.24, 2.45) is 0 Å². The number of carbonyl (C=O) groups excluding carboxylic acids is 2. The lowest BCUT2D eigenvalue weighted by Gasteiger charge is -2.13. The van der Waals surface area contributed by atoms with Gasteiger partial charge in [0.1, 0.15) is 6.29 Å². The van der Waals surface area contributed by atoms with Gasteiger partial charge in [-0.25, -0.2) is 0 Å². The van der Waals surface area contributed by atoms with Crippen LogP contribution in [0.4, 0.5) is 0 Å². The lowest BCUT2D eigenvalue weighted by atomic mass is 10.1. The topological polar surface area (TPSA) is 83.8 Å². The molecule has 0 amide bonds. The maximum absolute atomic E-state index is 10.8. The number of rotatable bonds is 8. The molecule has 2 atom stereocenters. The molecule has 0 aromatic rings. The quantitative estimate of drug-likeness (QED) is 0.278. The fourth-order valence-corrected chi connectivity index (χ4v) is 1.14. The molecule has 0 spiro atoms. The summed E-state index contributed by atoms with van der Waals surface area (Å²) in [6, 6.07) is 0. The van der Waals surface area contributed by atoms with Gasteiger partial charge < -0.3 is 14.9 Å². The van der Waals surface area contributed by atoms with E-state index in [1.807, 2.05) is 0 Å². The third-order valence-corrected chi connectivity index (χ3v) is 2.11. The molecule has 96 valence electrons. The lowest BCUT2D eigenvalue weighted by molar-refractivity contribution is -0.140. The van der Waals surface area contributed by atoms with Crippen molar-refractivity contribution in [3.8, 4) is 0 Å². The molecule has 5 nitrogen and oxygen atoms in total. The van der Waals surface area contributed by atoms with Crippen molar-refractivity contribution in [3.63, 3.8) is 0 Å². The van der Waals surface area contributed by atoms with Crippen LogP contribution in [-0.4, -0.2) is 41.8 Å². The van der Waals surface area contributed by atoms with Crippen molar-refractivity contribution in [2.45, 2.75) is 31.5 Å². The molecule has 17 heavy (non-hydrogen) atoms. The zero-order valence-corrected chi connectivity index (χ0v) is 9.78. The monoisotopic (exact) mass is 242 g/mol. The Labute approximate surface area is 100 Å². The van der Waals surface area contributed by atoms with Crippen molar-refractivity contribution in [2.75, 3.05) is 7.11 Å². The largest absolute Gasteiger partial charge is 0.469 e. The Balaban J connectivity index is 3.84. The molecule has 5 heteroatoms. The van der Waals surface area contributed by atoms with E-state index in [2.05, 4.69) is 4.74 Å². The maximum atomic E-state index is 10.8. The number of ether oxygens (including phenoxy) is 1. The van der Waals surface area contributed by atoms with Crippen LogP contribution in [0.2, 0.25) is 0 Å². The van der Waals surface area contributed by atoms with Gasteiger partial charge in [-0.3, -0.25) is 9.59 Å². The average molecular weight is 242 g/mol. The SMILES string of the molecule is COC(=O)CCCC(O)C(O)/C=C/C=C/C=O. The van der Waals surface area contributed by atoms with E-state index in [1.54, 1.807) is 0 Å². The number of aliphatic hydroxyl groups excluding tert-OH is 2. The van der Waals surface area contributed by atoms with Gasteiger partial charge in [0.05, 0.1) is 19.3 Å². The zero-order valence-electron chi connectivity index (χ0n) is 9.78. The van der Waals surface area contributed by atoms with Gasteiger partial charge in [0.25, 0.3) is 0 Å². The van der Waals surface area contributed by atoms with Crippen LogP contribution in [0, 0.1) is 0 Å². The summed E-state index contributed by atoms with van der Waals surface area (Å²) in [6.07, 6.45) is 5.22. The second kappa shape index (κ2) is 9.74. The molecule has 0 heterocycles. The Morgan fingerprint density at radius 1 is 1.29 bits per heavy atom. The van der Waals surface area contributed by atoms with Gasteiger partial charge in [0.15, 0.2) is 0 Å². The van der Waals surface area contributed by atoms with E-state index in [4.69, 9.17) is 0 Å². The van der Waals surface area contributed by atoms with Gasteiger partial charge in [0.2, 0.25) is 0 Å². The van der Waals surface area contributed by atoms with Crippen LogP contribution >= 0.6 is 0 Å². The van der Waals surface area contributed by atoms with E-state index in [9.17, 15) is 19.8 Å². The number of esters is 1. The first-order valence-electron chi connectivity index (χ1n) is 5.33. The van der Waals surface area contributed by atoms with Crippen LogP contribution in [-0.2, 0) is 14.3 Å². The summed E-state index contributed by atoms with van der Waals surface area (Å²) in [5.41, 5.74) is 0. The van der Waals surface area contributed by atoms with E-state index >= 15 is 0 Å². The molecule has 0 rings (SSSR count). The highest BCUT2D eigenvalue weighted by molar-refractivity contribution is 5.69. The number of carbonyl (C=O) groups is 2. The molecule has 0 aliphatic carbocycles. The molecule has 0 aromatic heterocycles. The summed E-state index contributed by atoms with van der Waals surface area (Å²) in [5, 5.41) is 19.0. The molecule has 2 unspecified atom stereocenters. The number of hydrogen-bond donors (Lipinski definition) is 2. The van der Waals surface area contributed by atoms with Crippen LogP contribution in [0.25, 0.3) is 0 Å². The Morgan fingerprint density at radius 2 is 2.00 bits per heavy atom. The molecule has 0 aliphatic heterocycles. The third-order valence-electron chi connectivity index (χ3n) is 2.11. The smallest absolute Gasteiger partial charge is 0.305 e. The molecule has 0 aromatic carbocycles. The van der Waals surface area contributed by atoms with E-state index in [0.717, 1.165) is 0 Å². The molecule has 0 radical (unpaired) electrons. The van der Waals surface area contributed by atoms with Crippen LogP contribution in [0.1, 0.15) is 19.3 Å². The van der Waals surface area contributed by atoms with Crippen LogP contribution in [0.15, 0.2) is 24.3 Å². The number of aldehydes is 1. The van der Waals surface area contributed by atoms with Gasteiger partial charge >= 0.3 is 5.97 Å². The van der Waals surface area contributed by atoms with Gasteiger partial charge in [-0.15, -0.1) is 0 Å². The summed E-state index contributed by atoms with van der Waals surface area (Å²) in [4.78, 5) is 20.7. The molecule has 0 bridgehead atoms. The molecule has 0 saturated heterocycles. The fourth-order valence-electron chi connectivity index (χ4n) is 1.14. The molecular weight excluding hydrogens is 224 g/mol. The average Bonchev–Trinajstić information content (AvgIpc) is 2.33. The summed E-state index contributed by atoms with van der Waals surface area (Å²) < 4.78 is 4.45. The molecule has 0 aliphatic rings. The summed E-state index contributed by atoms with van der Waals surface area (Å²) in [7, 11) is 1.30. The minimum Gasteiger partial charge on any atom is -0.469 e. The number of hydrogen-bond acceptors (Lipinski definition) is 5. The summed E-state index contributed by atoms with van der Waals surface area (Å²) >= 11 is 0. The molecule has 2 N–H and O–H groups in total. The normalized spacial score (nSPS) is 15.0. The fraction of sp³-hybridized carbons (Fsp3) is 0.500. The molecule has 0 saturated carbocycles. The number of methoxy groups -OCH3 is 1. The highest BCUT2D eigenvalue weighted by atomic mass is 16.5. The minimum absolute atomic E-state index is 0.217. The van der Waals surface area contributed by atoms with Gasteiger partial charge in [-0.1, -0.05) is 18.2 Å². The van der Waals surface area contributed by atoms with Crippen molar-refractivity contribution < 1.29 is 24.5 Å². The molecular formula is C12H18O5. The van der Waals surface area contributed by atoms with E-state index in [1.165, 1.54) is 31.4 Å². The van der Waals surface area contributed by atoms with Crippen LogP contribution in [0.5, 0.6) is 0 Å². The Hall–Kier alpha value is -1.46. The summed E-state index contributed by atoms with van der Waals surface area (Å²) in [5.74, 6) is -0.337. The second-order valence-corrected chi connectivity index (χ2v) is 3.43. The van der Waals surface area contributed by atoms with E-state index in [0.29, 0.717) is 19.1 Å². The third kappa shape index (κ3) is 8.36. The van der Waals surface area contributed by atoms with Crippen molar-refractivity contribution >= 4 is 12.3 Å². The number of aliphatic hydroxyl groups is 2. The number of allylic oxidation sites excluding steroid dienone is 3. The Kier molecular flexibility index (Phi) is 8.91. The highest BCUT2D eigenvalue weighted by Crippen LogP contribution is 2.07. The van der Waals surface area contributed by atoms with E-state index in [-0.39, 0.29) is 12.4 Å². The first-order valence-corrected chi connectivity index (χ1v) is 5.33. The first-order chi connectivity index (χ1) is 8.11. The van der Waals surface area contributed by atoms with Crippen molar-refractivity contribution in [3.05, 3.63) is 24.3 Å². The van der Waals surface area contributed by atoms with Crippen LogP contribution in [0.3, 0.4) is 0 Å². The standard InChI is InChI=1S/C12H18O5/c1-17-12(16)8-5-7-11(15)10(14)6-3-2-4-9-13/h2-4,6,9-11,14-15H,5,7-8H2,1H3/b4-2+,6-3+. The van der Waals surface area contributed by atoms with Gasteiger partial charge in [-0.05, 0) is 18.9 Å². The lowest BCUT2D eigenvalue weighted by Crippen LogP contribution is -2.23.